The molecule has 0 aliphatic heterocycles. The standard InChI is InChI=1S/C12H22N2O3/c1-2-3-4-10(13)11(15)14-9-6-5-8(7-9)12(16)17/h8-10H,2-7,13H2,1H3,(H,14,15)(H,16,17). The van der Waals surface area contributed by atoms with Gasteiger partial charge in [0.2, 0.25) is 5.91 Å². The maximum absolute atomic E-state index is 11.7. The molecule has 1 aliphatic carbocycles. The number of unbranched alkanes of at least 4 members (excludes halogenated alkanes) is 1. The van der Waals surface area contributed by atoms with E-state index in [9.17, 15) is 9.59 Å². The molecule has 3 unspecified atom stereocenters. The summed E-state index contributed by atoms with van der Waals surface area (Å²) in [7, 11) is 0. The van der Waals surface area contributed by atoms with Gasteiger partial charge in [0.05, 0.1) is 12.0 Å². The molecule has 98 valence electrons. The van der Waals surface area contributed by atoms with Crippen LogP contribution >= 0.6 is 0 Å². The number of aliphatic carboxylic acids is 1. The molecule has 0 aromatic heterocycles. The minimum Gasteiger partial charge on any atom is -0.481 e. The smallest absolute Gasteiger partial charge is 0.306 e. The fourth-order valence-corrected chi connectivity index (χ4v) is 2.20. The van der Waals surface area contributed by atoms with Crippen LogP contribution in [0.5, 0.6) is 0 Å². The molecule has 5 heteroatoms. The van der Waals surface area contributed by atoms with Crippen LogP contribution in [0.25, 0.3) is 0 Å². The molecule has 1 rings (SSSR count). The van der Waals surface area contributed by atoms with Gasteiger partial charge in [-0.15, -0.1) is 0 Å². The second-order valence-electron chi connectivity index (χ2n) is 4.80. The zero-order valence-corrected chi connectivity index (χ0v) is 10.3. The number of nitrogens with two attached hydrogens (primary N) is 1. The number of nitrogens with one attached hydrogen (secondary N) is 1. The first kappa shape index (κ1) is 14.0. The van der Waals surface area contributed by atoms with Crippen molar-refractivity contribution in [3.63, 3.8) is 0 Å². The van der Waals surface area contributed by atoms with E-state index in [1.807, 2.05) is 0 Å². The van der Waals surface area contributed by atoms with Gasteiger partial charge in [-0.3, -0.25) is 9.59 Å². The van der Waals surface area contributed by atoms with Crippen molar-refractivity contribution in [1.29, 1.82) is 0 Å². The molecule has 5 nitrogen and oxygen atoms in total. The first-order valence-corrected chi connectivity index (χ1v) is 6.33. The zero-order valence-electron chi connectivity index (χ0n) is 10.3. The molecule has 1 fully saturated rings. The van der Waals surface area contributed by atoms with Crippen LogP contribution in [-0.2, 0) is 9.59 Å². The lowest BCUT2D eigenvalue weighted by Gasteiger charge is -2.16. The summed E-state index contributed by atoms with van der Waals surface area (Å²) in [5.41, 5.74) is 5.75. The van der Waals surface area contributed by atoms with E-state index in [0.29, 0.717) is 19.3 Å². The maximum atomic E-state index is 11.7. The molecule has 0 radical (unpaired) electrons. The van der Waals surface area contributed by atoms with Gasteiger partial charge in [-0.05, 0) is 25.7 Å². The summed E-state index contributed by atoms with van der Waals surface area (Å²) < 4.78 is 0. The Labute approximate surface area is 102 Å². The van der Waals surface area contributed by atoms with Gasteiger partial charge in [-0.2, -0.15) is 0 Å². The van der Waals surface area contributed by atoms with Crippen LogP contribution in [0.3, 0.4) is 0 Å². The molecule has 17 heavy (non-hydrogen) atoms. The Morgan fingerprint density at radius 3 is 2.71 bits per heavy atom. The van der Waals surface area contributed by atoms with Crippen LogP contribution in [0.4, 0.5) is 0 Å². The van der Waals surface area contributed by atoms with Crippen molar-refractivity contribution in [1.82, 2.24) is 5.32 Å². The van der Waals surface area contributed by atoms with E-state index in [2.05, 4.69) is 12.2 Å². The highest BCUT2D eigenvalue weighted by Crippen LogP contribution is 2.25. The minimum absolute atomic E-state index is 0.0173. The van der Waals surface area contributed by atoms with E-state index in [1.54, 1.807) is 0 Å². The Hall–Kier alpha value is -1.10. The van der Waals surface area contributed by atoms with Gasteiger partial charge in [0.1, 0.15) is 0 Å². The third-order valence-corrected chi connectivity index (χ3v) is 3.33. The van der Waals surface area contributed by atoms with E-state index < -0.39 is 12.0 Å². The van der Waals surface area contributed by atoms with Crippen LogP contribution in [-0.4, -0.2) is 29.1 Å². The fraction of sp³-hybridized carbons (Fsp3) is 0.833. The summed E-state index contributed by atoms with van der Waals surface area (Å²) in [4.78, 5) is 22.5. The number of carbonyl (C=O) groups is 2. The second-order valence-corrected chi connectivity index (χ2v) is 4.80. The molecule has 1 aliphatic rings. The maximum Gasteiger partial charge on any atom is 0.306 e. The van der Waals surface area contributed by atoms with Crippen molar-refractivity contribution in [2.24, 2.45) is 11.7 Å². The third-order valence-electron chi connectivity index (χ3n) is 3.33. The first-order valence-electron chi connectivity index (χ1n) is 6.33. The monoisotopic (exact) mass is 242 g/mol. The first-order chi connectivity index (χ1) is 8.04. The molecule has 3 atom stereocenters. The molecule has 0 aromatic carbocycles. The average molecular weight is 242 g/mol. The van der Waals surface area contributed by atoms with E-state index in [1.165, 1.54) is 0 Å². The van der Waals surface area contributed by atoms with Crippen LogP contribution in [0.15, 0.2) is 0 Å². The van der Waals surface area contributed by atoms with Crippen LogP contribution < -0.4 is 11.1 Å². The van der Waals surface area contributed by atoms with E-state index in [-0.39, 0.29) is 17.9 Å². The van der Waals surface area contributed by atoms with Crippen LogP contribution in [0.1, 0.15) is 45.4 Å². The second kappa shape index (κ2) is 6.59. The zero-order chi connectivity index (χ0) is 12.8. The Balaban J connectivity index is 2.30. The summed E-state index contributed by atoms with van der Waals surface area (Å²) in [6.45, 7) is 2.05. The molecule has 0 heterocycles. The van der Waals surface area contributed by atoms with Gasteiger partial charge >= 0.3 is 5.97 Å². The normalized spacial score (nSPS) is 25.5. The number of carboxylic acid groups (broad SMARTS) is 1. The highest BCUT2D eigenvalue weighted by atomic mass is 16.4. The lowest BCUT2D eigenvalue weighted by Crippen LogP contribution is -2.44. The minimum atomic E-state index is -0.767. The summed E-state index contributed by atoms with van der Waals surface area (Å²) in [6.07, 6.45) is 4.56. The van der Waals surface area contributed by atoms with Crippen molar-refractivity contribution in [2.45, 2.75) is 57.5 Å². The molecule has 0 aromatic rings. The molecule has 0 saturated heterocycles. The van der Waals surface area contributed by atoms with Crippen molar-refractivity contribution in [3.8, 4) is 0 Å². The number of rotatable bonds is 6. The largest absolute Gasteiger partial charge is 0.481 e. The average Bonchev–Trinajstić information content (AvgIpc) is 2.74. The molecular formula is C12H22N2O3. The molecular weight excluding hydrogens is 220 g/mol. The Morgan fingerprint density at radius 2 is 2.18 bits per heavy atom. The van der Waals surface area contributed by atoms with Crippen LogP contribution in [0.2, 0.25) is 0 Å². The van der Waals surface area contributed by atoms with Crippen LogP contribution in [0, 0.1) is 5.92 Å². The van der Waals surface area contributed by atoms with Gasteiger partial charge in [-0.25, -0.2) is 0 Å². The van der Waals surface area contributed by atoms with Crippen molar-refractivity contribution < 1.29 is 14.7 Å². The third kappa shape index (κ3) is 4.34. The van der Waals surface area contributed by atoms with Gasteiger partial charge in [0.15, 0.2) is 0 Å². The van der Waals surface area contributed by atoms with Gasteiger partial charge in [0, 0.05) is 6.04 Å². The Kier molecular flexibility index (Phi) is 5.41. The SMILES string of the molecule is CCCCC(N)C(=O)NC1CCC(C(=O)O)C1. The Morgan fingerprint density at radius 1 is 1.47 bits per heavy atom. The van der Waals surface area contributed by atoms with E-state index in [0.717, 1.165) is 19.3 Å². The predicted molar refractivity (Wildman–Crippen MR) is 64.4 cm³/mol. The Bertz CT molecular complexity index is 281. The van der Waals surface area contributed by atoms with Gasteiger partial charge in [0.25, 0.3) is 0 Å². The fourth-order valence-electron chi connectivity index (χ4n) is 2.20. The van der Waals surface area contributed by atoms with Gasteiger partial charge < -0.3 is 16.2 Å². The predicted octanol–water partition coefficient (Wildman–Crippen LogP) is 0.873. The van der Waals surface area contributed by atoms with E-state index >= 15 is 0 Å². The van der Waals surface area contributed by atoms with Gasteiger partial charge in [-0.1, -0.05) is 19.8 Å². The lowest BCUT2D eigenvalue weighted by atomic mass is 10.1. The molecule has 0 spiro atoms. The quantitative estimate of drug-likeness (QED) is 0.644. The number of hydrogen-bond donors (Lipinski definition) is 3. The van der Waals surface area contributed by atoms with Crippen molar-refractivity contribution >= 4 is 11.9 Å². The molecule has 0 bridgehead atoms. The number of hydrogen-bond acceptors (Lipinski definition) is 3. The summed E-state index contributed by atoms with van der Waals surface area (Å²) in [6, 6.07) is -0.477. The summed E-state index contributed by atoms with van der Waals surface area (Å²) in [5, 5.41) is 11.7. The molecule has 4 N–H and O–H groups in total. The molecule has 1 saturated carbocycles. The highest BCUT2D eigenvalue weighted by molar-refractivity contribution is 5.82. The van der Waals surface area contributed by atoms with Crippen molar-refractivity contribution in [2.75, 3.05) is 0 Å². The number of amides is 1. The lowest BCUT2D eigenvalue weighted by molar-refractivity contribution is -0.141. The summed E-state index contributed by atoms with van der Waals surface area (Å²) >= 11 is 0. The van der Waals surface area contributed by atoms with Crippen molar-refractivity contribution in [3.05, 3.63) is 0 Å². The van der Waals surface area contributed by atoms with E-state index in [4.69, 9.17) is 10.8 Å². The topological polar surface area (TPSA) is 92.4 Å². The molecule has 1 amide bonds. The number of carboxylic acids is 1. The number of carbonyl (C=O) groups excluding carboxylic acids is 1. The highest BCUT2D eigenvalue weighted by Gasteiger charge is 2.31. The summed E-state index contributed by atoms with van der Waals surface area (Å²) in [5.74, 6) is -1.22.